The Morgan fingerprint density at radius 1 is 1.15 bits per heavy atom. The average Bonchev–Trinajstić information content (AvgIpc) is 2.61. The monoisotopic (exact) mass is 394 g/mol. The predicted molar refractivity (Wildman–Crippen MR) is 105 cm³/mol. The third kappa shape index (κ3) is 4.37. The first-order chi connectivity index (χ1) is 12.1. The lowest BCUT2D eigenvalue weighted by Gasteiger charge is -2.25. The molecule has 0 fully saturated rings. The molecule has 0 aliphatic heterocycles. The largest absolute Gasteiger partial charge is 0.347 e. The quantitative estimate of drug-likeness (QED) is 0.802. The Morgan fingerprint density at radius 3 is 2.35 bits per heavy atom. The summed E-state index contributed by atoms with van der Waals surface area (Å²) in [6.45, 7) is 5.79. The Labute approximate surface area is 160 Å². The van der Waals surface area contributed by atoms with Gasteiger partial charge in [-0.1, -0.05) is 36.7 Å². The molecule has 5 nitrogen and oxygen atoms in total. The highest BCUT2D eigenvalue weighted by Crippen LogP contribution is 2.27. The Morgan fingerprint density at radius 2 is 1.77 bits per heavy atom. The van der Waals surface area contributed by atoms with E-state index in [2.05, 4.69) is 5.32 Å². The number of nitrogens with one attached hydrogen (secondary N) is 1. The number of sulfonamides is 1. The fraction of sp³-hybridized carbons (Fsp3) is 0.316. The molecule has 2 rings (SSSR count). The molecule has 0 atom stereocenters. The molecule has 0 saturated carbocycles. The van der Waals surface area contributed by atoms with E-state index in [0.29, 0.717) is 5.69 Å². The molecule has 0 aliphatic rings. The van der Waals surface area contributed by atoms with Crippen LogP contribution < -0.4 is 9.62 Å². The molecule has 0 radical (unpaired) electrons. The van der Waals surface area contributed by atoms with Crippen molar-refractivity contribution in [3.63, 3.8) is 0 Å². The van der Waals surface area contributed by atoms with Crippen molar-refractivity contribution in [3.8, 4) is 0 Å². The van der Waals surface area contributed by atoms with Crippen LogP contribution in [0.4, 0.5) is 5.69 Å². The van der Waals surface area contributed by atoms with Gasteiger partial charge in [-0.15, -0.1) is 0 Å². The number of anilines is 1. The molecule has 0 spiro atoms. The molecule has 0 aromatic heterocycles. The van der Waals surface area contributed by atoms with E-state index in [9.17, 15) is 13.2 Å². The van der Waals surface area contributed by atoms with Crippen LogP contribution in [-0.4, -0.2) is 26.9 Å². The summed E-state index contributed by atoms with van der Waals surface area (Å²) in [6, 6.07) is 12.7. The minimum Gasteiger partial charge on any atom is -0.347 e. The number of nitrogens with zero attached hydrogens (tertiary/aromatic N) is 1. The number of carbonyl (C=O) groups is 1. The van der Waals surface area contributed by atoms with Gasteiger partial charge in [0.15, 0.2) is 0 Å². The predicted octanol–water partition coefficient (Wildman–Crippen LogP) is 4.08. The van der Waals surface area contributed by atoms with E-state index >= 15 is 0 Å². The molecule has 26 heavy (non-hydrogen) atoms. The standard InChI is InChI=1S/C19H23ClN2O3S/c1-5-19(2,3)21-18(23)16-13-14(11-12-17(16)20)22(4)26(24,25)15-9-7-6-8-10-15/h6-13H,5H2,1-4H3,(H,21,23). The minimum atomic E-state index is -3.73. The fourth-order valence-corrected chi connectivity index (χ4v) is 3.65. The van der Waals surface area contributed by atoms with E-state index in [1.807, 2.05) is 20.8 Å². The van der Waals surface area contributed by atoms with Crippen molar-refractivity contribution in [2.75, 3.05) is 11.4 Å². The molecule has 2 aromatic rings. The van der Waals surface area contributed by atoms with Crippen LogP contribution in [0.2, 0.25) is 5.02 Å². The molecule has 7 heteroatoms. The maximum atomic E-state index is 12.8. The van der Waals surface area contributed by atoms with Gasteiger partial charge in [0.25, 0.3) is 15.9 Å². The number of halogens is 1. The second-order valence-electron chi connectivity index (χ2n) is 6.64. The summed E-state index contributed by atoms with van der Waals surface area (Å²) < 4.78 is 26.7. The van der Waals surface area contributed by atoms with E-state index in [1.54, 1.807) is 24.3 Å². The van der Waals surface area contributed by atoms with Crippen molar-refractivity contribution in [2.45, 2.75) is 37.6 Å². The van der Waals surface area contributed by atoms with Gasteiger partial charge in [-0.05, 0) is 50.6 Å². The maximum Gasteiger partial charge on any atom is 0.264 e. The molecule has 0 saturated heterocycles. The summed E-state index contributed by atoms with van der Waals surface area (Å²) in [7, 11) is -2.28. The smallest absolute Gasteiger partial charge is 0.264 e. The zero-order valence-corrected chi connectivity index (χ0v) is 16.9. The SMILES string of the molecule is CCC(C)(C)NC(=O)c1cc(N(C)S(=O)(=O)c2ccccc2)ccc1Cl. The van der Waals surface area contributed by atoms with Crippen LogP contribution in [0.5, 0.6) is 0 Å². The fourth-order valence-electron chi connectivity index (χ4n) is 2.24. The van der Waals surface area contributed by atoms with Crippen molar-refractivity contribution < 1.29 is 13.2 Å². The summed E-state index contributed by atoms with van der Waals surface area (Å²) in [5, 5.41) is 3.18. The van der Waals surface area contributed by atoms with E-state index < -0.39 is 15.6 Å². The molecular weight excluding hydrogens is 372 g/mol. The molecule has 0 aliphatic carbocycles. The van der Waals surface area contributed by atoms with Crippen molar-refractivity contribution >= 4 is 33.2 Å². The zero-order chi connectivity index (χ0) is 19.5. The highest BCUT2D eigenvalue weighted by Gasteiger charge is 2.24. The summed E-state index contributed by atoms with van der Waals surface area (Å²) in [5.74, 6) is -0.339. The first kappa shape index (κ1) is 20.3. The Bertz CT molecular complexity index is 896. The van der Waals surface area contributed by atoms with Crippen LogP contribution in [0.25, 0.3) is 0 Å². The van der Waals surface area contributed by atoms with Crippen molar-refractivity contribution in [1.29, 1.82) is 0 Å². The van der Waals surface area contributed by atoms with Crippen LogP contribution in [0.15, 0.2) is 53.4 Å². The molecule has 0 unspecified atom stereocenters. The van der Waals surface area contributed by atoms with Crippen LogP contribution in [0.1, 0.15) is 37.6 Å². The normalized spacial score (nSPS) is 11.9. The van der Waals surface area contributed by atoms with Crippen molar-refractivity contribution in [3.05, 3.63) is 59.1 Å². The molecule has 1 amide bonds. The lowest BCUT2D eigenvalue weighted by Crippen LogP contribution is -2.42. The molecule has 1 N–H and O–H groups in total. The number of hydrogen-bond donors (Lipinski definition) is 1. The second-order valence-corrected chi connectivity index (χ2v) is 9.02. The van der Waals surface area contributed by atoms with Crippen LogP contribution in [-0.2, 0) is 10.0 Å². The van der Waals surface area contributed by atoms with Gasteiger partial charge in [-0.25, -0.2) is 8.42 Å². The highest BCUT2D eigenvalue weighted by molar-refractivity contribution is 7.92. The van der Waals surface area contributed by atoms with Crippen LogP contribution >= 0.6 is 11.6 Å². The third-order valence-electron chi connectivity index (χ3n) is 4.30. The maximum absolute atomic E-state index is 12.8. The molecule has 0 bridgehead atoms. The third-order valence-corrected chi connectivity index (χ3v) is 6.42. The van der Waals surface area contributed by atoms with Gasteiger partial charge in [0.2, 0.25) is 0 Å². The first-order valence-electron chi connectivity index (χ1n) is 8.24. The van der Waals surface area contributed by atoms with Crippen molar-refractivity contribution in [2.24, 2.45) is 0 Å². The average molecular weight is 395 g/mol. The van der Waals surface area contributed by atoms with Gasteiger partial charge in [-0.2, -0.15) is 0 Å². The second kappa shape index (κ2) is 7.68. The topological polar surface area (TPSA) is 66.5 Å². The Hall–Kier alpha value is -2.05. The lowest BCUT2D eigenvalue weighted by atomic mass is 10.0. The number of benzene rings is 2. The summed E-state index contributed by atoms with van der Waals surface area (Å²) >= 11 is 6.17. The van der Waals surface area contributed by atoms with Crippen LogP contribution in [0.3, 0.4) is 0 Å². The minimum absolute atomic E-state index is 0.176. The number of rotatable bonds is 6. The summed E-state index contributed by atoms with van der Waals surface area (Å²) in [5.41, 5.74) is 0.205. The van der Waals surface area contributed by atoms with Crippen molar-refractivity contribution in [1.82, 2.24) is 5.32 Å². The highest BCUT2D eigenvalue weighted by atomic mass is 35.5. The number of amides is 1. The van der Waals surface area contributed by atoms with Crippen LogP contribution in [0, 0.1) is 0 Å². The van der Waals surface area contributed by atoms with Gasteiger partial charge >= 0.3 is 0 Å². The van der Waals surface area contributed by atoms with Gasteiger partial charge in [0.1, 0.15) is 0 Å². The van der Waals surface area contributed by atoms with Gasteiger partial charge in [0, 0.05) is 12.6 Å². The lowest BCUT2D eigenvalue weighted by molar-refractivity contribution is 0.0911. The molecular formula is C19H23ClN2O3S. The molecule has 140 valence electrons. The van der Waals surface area contributed by atoms with E-state index in [-0.39, 0.29) is 21.4 Å². The number of carbonyl (C=O) groups excluding carboxylic acids is 1. The molecule has 2 aromatic carbocycles. The summed E-state index contributed by atoms with van der Waals surface area (Å²) in [4.78, 5) is 12.7. The number of hydrogen-bond acceptors (Lipinski definition) is 3. The Balaban J connectivity index is 2.39. The first-order valence-corrected chi connectivity index (χ1v) is 10.1. The van der Waals surface area contributed by atoms with E-state index in [1.165, 1.54) is 31.3 Å². The van der Waals surface area contributed by atoms with Gasteiger partial charge in [-0.3, -0.25) is 9.10 Å². The Kier molecular flexibility index (Phi) is 5.98. The van der Waals surface area contributed by atoms with Gasteiger partial charge in [0.05, 0.1) is 21.2 Å². The summed E-state index contributed by atoms with van der Waals surface area (Å²) in [6.07, 6.45) is 0.748. The van der Waals surface area contributed by atoms with Gasteiger partial charge < -0.3 is 5.32 Å². The van der Waals surface area contributed by atoms with E-state index in [4.69, 9.17) is 11.6 Å². The molecule has 0 heterocycles. The zero-order valence-electron chi connectivity index (χ0n) is 15.3. The van der Waals surface area contributed by atoms with E-state index in [0.717, 1.165) is 10.7 Å².